The van der Waals surface area contributed by atoms with Crippen LogP contribution in [0.4, 0.5) is 17.3 Å². The van der Waals surface area contributed by atoms with Gasteiger partial charge >= 0.3 is 0 Å². The molecule has 0 aliphatic rings. The second-order valence-corrected chi connectivity index (χ2v) is 7.48. The smallest absolute Gasteiger partial charge is 0.230 e. The first-order valence-corrected chi connectivity index (χ1v) is 10.2. The third kappa shape index (κ3) is 4.09. The van der Waals surface area contributed by atoms with Crippen LogP contribution in [0.15, 0.2) is 91.4 Å². The molecule has 1 N–H and O–H groups in total. The number of rotatable bonds is 6. The summed E-state index contributed by atoms with van der Waals surface area (Å²) in [5.41, 5.74) is 3.06. The molecule has 0 unspecified atom stereocenters. The lowest BCUT2D eigenvalue weighted by Gasteiger charge is -2.14. The molecule has 2 aromatic carbocycles. The Balaban J connectivity index is 1.36. The van der Waals surface area contributed by atoms with Crippen molar-refractivity contribution in [3.05, 3.63) is 91.4 Å². The van der Waals surface area contributed by atoms with Crippen molar-refractivity contribution < 1.29 is 4.74 Å². The monoisotopic (exact) mass is 422 g/mol. The fourth-order valence-electron chi connectivity index (χ4n) is 3.45. The van der Waals surface area contributed by atoms with Crippen LogP contribution in [0.3, 0.4) is 0 Å². The normalized spacial score (nSPS) is 10.8. The molecule has 32 heavy (non-hydrogen) atoms. The zero-order chi connectivity index (χ0) is 21.9. The number of anilines is 3. The third-order valence-corrected chi connectivity index (χ3v) is 5.03. The number of ether oxygens (including phenoxy) is 1. The van der Waals surface area contributed by atoms with Crippen LogP contribution in [0.25, 0.3) is 16.7 Å². The fraction of sp³-hybridized carbons (Fsp3) is 0.0800. The second-order valence-electron chi connectivity index (χ2n) is 7.48. The molecule has 0 atom stereocenters. The molecule has 0 fully saturated rings. The van der Waals surface area contributed by atoms with E-state index >= 15 is 0 Å². The van der Waals surface area contributed by atoms with Crippen LogP contribution in [0, 0.1) is 0 Å². The van der Waals surface area contributed by atoms with Crippen LogP contribution in [0.2, 0.25) is 0 Å². The number of hydrogen-bond donors (Lipinski definition) is 1. The number of nitrogens with zero attached hydrogens (tertiary/aromatic N) is 5. The minimum atomic E-state index is 0.467. The molecule has 0 aliphatic carbocycles. The van der Waals surface area contributed by atoms with E-state index in [1.165, 1.54) is 0 Å². The van der Waals surface area contributed by atoms with E-state index < -0.39 is 0 Å². The van der Waals surface area contributed by atoms with E-state index in [0.29, 0.717) is 17.6 Å². The van der Waals surface area contributed by atoms with E-state index in [2.05, 4.69) is 20.3 Å². The Morgan fingerprint density at radius 1 is 0.875 bits per heavy atom. The molecule has 0 aliphatic heterocycles. The van der Waals surface area contributed by atoms with Crippen LogP contribution in [0.5, 0.6) is 11.6 Å². The van der Waals surface area contributed by atoms with Crippen LogP contribution >= 0.6 is 0 Å². The van der Waals surface area contributed by atoms with Gasteiger partial charge in [-0.05, 0) is 54.6 Å². The van der Waals surface area contributed by atoms with Gasteiger partial charge in [-0.15, -0.1) is 0 Å². The summed E-state index contributed by atoms with van der Waals surface area (Å²) in [7, 11) is 4.01. The Labute approximate surface area is 186 Å². The molecule has 7 nitrogen and oxygen atoms in total. The Bertz CT molecular complexity index is 1360. The minimum absolute atomic E-state index is 0.467. The molecule has 3 aromatic heterocycles. The van der Waals surface area contributed by atoms with Gasteiger partial charge in [0.15, 0.2) is 0 Å². The molecule has 0 saturated heterocycles. The number of hydrogen-bond acceptors (Lipinski definition) is 6. The fourth-order valence-corrected chi connectivity index (χ4v) is 3.45. The maximum absolute atomic E-state index is 6.02. The molecule has 5 aromatic rings. The quantitative estimate of drug-likeness (QED) is 0.394. The van der Waals surface area contributed by atoms with E-state index in [4.69, 9.17) is 4.74 Å². The van der Waals surface area contributed by atoms with Crippen molar-refractivity contribution in [3.8, 4) is 17.4 Å². The lowest BCUT2D eigenvalue weighted by Crippen LogP contribution is -2.08. The van der Waals surface area contributed by atoms with Gasteiger partial charge in [-0.2, -0.15) is 4.98 Å². The minimum Gasteiger partial charge on any atom is -0.439 e. The largest absolute Gasteiger partial charge is 0.439 e. The van der Waals surface area contributed by atoms with Gasteiger partial charge in [0.2, 0.25) is 11.8 Å². The van der Waals surface area contributed by atoms with Crippen molar-refractivity contribution in [2.45, 2.75) is 0 Å². The average molecular weight is 422 g/mol. The molecule has 0 saturated carbocycles. The summed E-state index contributed by atoms with van der Waals surface area (Å²) in [5.74, 6) is 2.52. The molecule has 0 radical (unpaired) electrons. The number of aromatic nitrogens is 4. The van der Waals surface area contributed by atoms with Gasteiger partial charge in [-0.25, -0.2) is 9.97 Å². The van der Waals surface area contributed by atoms with Gasteiger partial charge in [-0.3, -0.25) is 0 Å². The van der Waals surface area contributed by atoms with Crippen molar-refractivity contribution in [2.24, 2.45) is 0 Å². The summed E-state index contributed by atoms with van der Waals surface area (Å²) in [5, 5.41) is 4.29. The van der Waals surface area contributed by atoms with Gasteiger partial charge in [0.25, 0.3) is 0 Å². The zero-order valence-electron chi connectivity index (χ0n) is 17.8. The van der Waals surface area contributed by atoms with Crippen molar-refractivity contribution >= 4 is 28.2 Å². The number of fused-ring (bicyclic) bond motifs is 1. The highest BCUT2D eigenvalue weighted by Crippen LogP contribution is 2.27. The summed E-state index contributed by atoms with van der Waals surface area (Å²) in [6.07, 6.45) is 5.47. The van der Waals surface area contributed by atoms with Gasteiger partial charge < -0.3 is 19.5 Å². The first kappa shape index (κ1) is 19.6. The lowest BCUT2D eigenvalue weighted by molar-refractivity contribution is 0.463. The Morgan fingerprint density at radius 2 is 1.81 bits per heavy atom. The second kappa shape index (κ2) is 8.39. The molecule has 158 valence electrons. The SMILES string of the molecule is CN(C)c1cccc(Nc2nccc(Oc3ccc4c(ccn4-c4ccccn4)c3)n2)c1. The lowest BCUT2D eigenvalue weighted by atomic mass is 10.2. The zero-order valence-corrected chi connectivity index (χ0v) is 17.8. The highest BCUT2D eigenvalue weighted by atomic mass is 16.5. The van der Waals surface area contributed by atoms with E-state index in [0.717, 1.165) is 28.1 Å². The predicted molar refractivity (Wildman–Crippen MR) is 127 cm³/mol. The first-order chi connectivity index (χ1) is 15.7. The molecule has 0 amide bonds. The van der Waals surface area contributed by atoms with Gasteiger partial charge in [-0.1, -0.05) is 12.1 Å². The van der Waals surface area contributed by atoms with Crippen molar-refractivity contribution in [1.29, 1.82) is 0 Å². The summed E-state index contributed by atoms with van der Waals surface area (Å²) in [6.45, 7) is 0. The molecule has 7 heteroatoms. The molecule has 0 spiro atoms. The van der Waals surface area contributed by atoms with Gasteiger partial charge in [0.1, 0.15) is 11.6 Å². The Morgan fingerprint density at radius 3 is 2.66 bits per heavy atom. The van der Waals surface area contributed by atoms with E-state index in [1.54, 1.807) is 18.5 Å². The maximum atomic E-state index is 6.02. The molecule has 3 heterocycles. The Hall–Kier alpha value is -4.39. The van der Waals surface area contributed by atoms with E-state index in [9.17, 15) is 0 Å². The molecule has 5 rings (SSSR count). The first-order valence-electron chi connectivity index (χ1n) is 10.2. The van der Waals surface area contributed by atoms with Crippen molar-refractivity contribution in [1.82, 2.24) is 19.5 Å². The van der Waals surface area contributed by atoms with Crippen LogP contribution in [-0.4, -0.2) is 33.6 Å². The summed E-state index contributed by atoms with van der Waals surface area (Å²) in [4.78, 5) is 15.3. The van der Waals surface area contributed by atoms with Crippen LogP contribution < -0.4 is 15.0 Å². The summed E-state index contributed by atoms with van der Waals surface area (Å²) >= 11 is 0. The topological polar surface area (TPSA) is 68.1 Å². The van der Waals surface area contributed by atoms with Crippen molar-refractivity contribution in [3.63, 3.8) is 0 Å². The van der Waals surface area contributed by atoms with E-state index in [1.807, 2.05) is 96.5 Å². The van der Waals surface area contributed by atoms with Crippen LogP contribution in [0.1, 0.15) is 0 Å². The molecule has 0 bridgehead atoms. The highest BCUT2D eigenvalue weighted by Gasteiger charge is 2.08. The summed E-state index contributed by atoms with van der Waals surface area (Å²) in [6, 6.07) is 23.6. The number of nitrogens with one attached hydrogen (secondary N) is 1. The maximum Gasteiger partial charge on any atom is 0.230 e. The van der Waals surface area contributed by atoms with E-state index in [-0.39, 0.29) is 0 Å². The van der Waals surface area contributed by atoms with Crippen molar-refractivity contribution in [2.75, 3.05) is 24.3 Å². The average Bonchev–Trinajstić information content (AvgIpc) is 3.23. The number of benzene rings is 2. The molecular formula is C25H22N6O. The third-order valence-electron chi connectivity index (χ3n) is 5.03. The van der Waals surface area contributed by atoms with Gasteiger partial charge in [0, 0.05) is 55.5 Å². The van der Waals surface area contributed by atoms with Crippen LogP contribution in [-0.2, 0) is 0 Å². The molecular weight excluding hydrogens is 400 g/mol. The predicted octanol–water partition coefficient (Wildman–Crippen LogP) is 5.42. The Kier molecular flexibility index (Phi) is 5.13. The number of pyridine rings is 1. The standard InChI is InChI=1S/C25H22N6O/c1-30(2)20-7-5-6-19(17-20)28-25-27-14-11-24(29-25)32-21-9-10-22-18(16-21)12-15-31(22)23-8-3-4-13-26-23/h3-17H,1-2H3,(H,27,28,29). The highest BCUT2D eigenvalue weighted by molar-refractivity contribution is 5.83. The van der Waals surface area contributed by atoms with Gasteiger partial charge in [0.05, 0.1) is 5.52 Å². The summed E-state index contributed by atoms with van der Waals surface area (Å²) < 4.78 is 8.07.